The standard InChI is InChI=1S/C20H18ClN5OS/c1-13-11-27-19(12-28)26(13)18-9-14(5-7-22-18)17-6-8-23-20(25-17)24-16-4-2-3-15(21)10-16/h2-10,12-13,19H,11H2,1H3,(H,23,24,25). The van der Waals surface area contributed by atoms with E-state index in [-0.39, 0.29) is 12.3 Å². The third-order valence-corrected chi connectivity index (χ3v) is 4.88. The number of benzene rings is 1. The van der Waals surface area contributed by atoms with Crippen LogP contribution < -0.4 is 10.2 Å². The first-order valence-corrected chi connectivity index (χ1v) is 9.66. The number of hydrogen-bond donors (Lipinski definition) is 1. The Labute approximate surface area is 173 Å². The molecular formula is C20H18ClN5OS. The molecule has 1 N–H and O–H groups in total. The van der Waals surface area contributed by atoms with Crippen molar-refractivity contribution in [2.75, 3.05) is 16.8 Å². The molecular weight excluding hydrogens is 394 g/mol. The summed E-state index contributed by atoms with van der Waals surface area (Å²) in [5.41, 5.74) is 2.55. The summed E-state index contributed by atoms with van der Waals surface area (Å²) >= 11 is 11.1. The molecule has 3 heterocycles. The Bertz CT molecular complexity index is 1000. The van der Waals surface area contributed by atoms with E-state index in [1.807, 2.05) is 42.5 Å². The van der Waals surface area contributed by atoms with E-state index in [1.54, 1.807) is 17.8 Å². The number of nitrogens with one attached hydrogen (secondary N) is 1. The van der Waals surface area contributed by atoms with Crippen LogP contribution in [0.2, 0.25) is 5.02 Å². The summed E-state index contributed by atoms with van der Waals surface area (Å²) in [6, 6.07) is 13.4. The van der Waals surface area contributed by atoms with Crippen LogP contribution in [-0.4, -0.2) is 39.2 Å². The topological polar surface area (TPSA) is 63.2 Å². The molecule has 1 aliphatic heterocycles. The molecule has 0 aliphatic carbocycles. The monoisotopic (exact) mass is 411 g/mol. The highest BCUT2D eigenvalue weighted by Gasteiger charge is 2.31. The second-order valence-corrected chi connectivity index (χ2v) is 7.13. The summed E-state index contributed by atoms with van der Waals surface area (Å²) in [7, 11) is 0. The van der Waals surface area contributed by atoms with Gasteiger partial charge in [0.2, 0.25) is 5.95 Å². The van der Waals surface area contributed by atoms with Crippen LogP contribution in [0.15, 0.2) is 54.9 Å². The van der Waals surface area contributed by atoms with Gasteiger partial charge in [-0.3, -0.25) is 0 Å². The van der Waals surface area contributed by atoms with Crippen molar-refractivity contribution in [3.63, 3.8) is 0 Å². The van der Waals surface area contributed by atoms with E-state index in [2.05, 4.69) is 32.1 Å². The largest absolute Gasteiger partial charge is 0.352 e. The van der Waals surface area contributed by atoms with Crippen molar-refractivity contribution in [2.24, 2.45) is 0 Å². The van der Waals surface area contributed by atoms with Gasteiger partial charge in [0, 0.05) is 34.0 Å². The number of nitrogens with zero attached hydrogens (tertiary/aromatic N) is 4. The second kappa shape index (κ2) is 8.18. The van der Waals surface area contributed by atoms with Crippen LogP contribution in [0.4, 0.5) is 17.5 Å². The van der Waals surface area contributed by atoms with E-state index in [4.69, 9.17) is 28.6 Å². The molecule has 2 unspecified atom stereocenters. The Morgan fingerprint density at radius 1 is 1.21 bits per heavy atom. The van der Waals surface area contributed by atoms with Gasteiger partial charge in [-0.1, -0.05) is 29.9 Å². The van der Waals surface area contributed by atoms with Crippen LogP contribution >= 0.6 is 23.8 Å². The van der Waals surface area contributed by atoms with E-state index >= 15 is 0 Å². The van der Waals surface area contributed by atoms with Crippen LogP contribution in [0.25, 0.3) is 11.3 Å². The zero-order valence-corrected chi connectivity index (χ0v) is 16.7. The number of aromatic nitrogens is 3. The Morgan fingerprint density at radius 3 is 2.89 bits per heavy atom. The minimum absolute atomic E-state index is 0.192. The van der Waals surface area contributed by atoms with Gasteiger partial charge in [0.1, 0.15) is 5.82 Å². The predicted octanol–water partition coefficient (Wildman–Crippen LogP) is 4.49. The maximum absolute atomic E-state index is 6.04. The normalized spacial score (nSPS) is 18.9. The molecule has 28 heavy (non-hydrogen) atoms. The first-order valence-electron chi connectivity index (χ1n) is 8.81. The van der Waals surface area contributed by atoms with Crippen LogP contribution in [-0.2, 0) is 4.74 Å². The number of pyridine rings is 1. The van der Waals surface area contributed by atoms with Crippen molar-refractivity contribution < 1.29 is 4.74 Å². The Morgan fingerprint density at radius 2 is 2.07 bits per heavy atom. The third-order valence-electron chi connectivity index (χ3n) is 4.42. The van der Waals surface area contributed by atoms with Gasteiger partial charge in [0.15, 0.2) is 6.23 Å². The van der Waals surface area contributed by atoms with Gasteiger partial charge in [-0.15, -0.1) is 0 Å². The summed E-state index contributed by atoms with van der Waals surface area (Å²) in [5.74, 6) is 1.30. The fourth-order valence-corrected chi connectivity index (χ4v) is 3.50. The number of thiocarbonyl (C=S) groups is 1. The van der Waals surface area contributed by atoms with Gasteiger partial charge in [-0.05, 0) is 43.3 Å². The number of ether oxygens (including phenoxy) is 1. The Hall–Kier alpha value is -2.61. The first-order chi connectivity index (χ1) is 13.6. The SMILES string of the molecule is CC1COC(C=S)N1c1cc(-c2ccnc(Nc3cccc(Cl)c3)n2)ccn1. The lowest BCUT2D eigenvalue weighted by atomic mass is 10.1. The average Bonchev–Trinajstić information content (AvgIpc) is 3.09. The van der Waals surface area contributed by atoms with Gasteiger partial charge < -0.3 is 15.0 Å². The van der Waals surface area contributed by atoms with Crippen molar-refractivity contribution in [2.45, 2.75) is 19.2 Å². The summed E-state index contributed by atoms with van der Waals surface area (Å²) in [5, 5.41) is 5.45. The van der Waals surface area contributed by atoms with Crippen molar-refractivity contribution in [1.82, 2.24) is 15.0 Å². The molecule has 6 nitrogen and oxygen atoms in total. The molecule has 142 valence electrons. The third kappa shape index (κ3) is 3.96. The quantitative estimate of drug-likeness (QED) is 0.620. The highest BCUT2D eigenvalue weighted by molar-refractivity contribution is 7.79. The highest BCUT2D eigenvalue weighted by atomic mass is 35.5. The smallest absolute Gasteiger partial charge is 0.227 e. The Kier molecular flexibility index (Phi) is 5.47. The van der Waals surface area contributed by atoms with Crippen LogP contribution in [0, 0.1) is 0 Å². The maximum Gasteiger partial charge on any atom is 0.227 e. The number of rotatable bonds is 5. The van der Waals surface area contributed by atoms with Gasteiger partial charge in [0.25, 0.3) is 0 Å². The molecule has 0 bridgehead atoms. The summed E-state index contributed by atoms with van der Waals surface area (Å²) in [4.78, 5) is 15.5. The first kappa shape index (κ1) is 18.7. The maximum atomic E-state index is 6.04. The molecule has 8 heteroatoms. The number of anilines is 3. The van der Waals surface area contributed by atoms with Crippen molar-refractivity contribution in [1.29, 1.82) is 0 Å². The molecule has 1 fully saturated rings. The molecule has 1 aliphatic rings. The van der Waals surface area contributed by atoms with E-state index in [0.717, 1.165) is 22.8 Å². The van der Waals surface area contributed by atoms with Crippen molar-refractivity contribution in [3.8, 4) is 11.3 Å². The fraction of sp³-hybridized carbons (Fsp3) is 0.200. The lowest BCUT2D eigenvalue weighted by Gasteiger charge is -2.25. The number of halogens is 1. The molecule has 0 radical (unpaired) electrons. The molecule has 0 amide bonds. The second-order valence-electron chi connectivity index (χ2n) is 6.42. The zero-order valence-electron chi connectivity index (χ0n) is 15.1. The molecule has 0 saturated carbocycles. The zero-order chi connectivity index (χ0) is 19.5. The molecule has 1 aromatic carbocycles. The van der Waals surface area contributed by atoms with E-state index in [1.165, 1.54) is 0 Å². The van der Waals surface area contributed by atoms with E-state index < -0.39 is 0 Å². The average molecular weight is 412 g/mol. The molecule has 1 saturated heterocycles. The van der Waals surface area contributed by atoms with Gasteiger partial charge in [0.05, 0.1) is 18.3 Å². The Balaban J connectivity index is 1.62. The molecule has 2 atom stereocenters. The lowest BCUT2D eigenvalue weighted by Crippen LogP contribution is -2.36. The lowest BCUT2D eigenvalue weighted by molar-refractivity contribution is 0.161. The van der Waals surface area contributed by atoms with Crippen LogP contribution in [0.3, 0.4) is 0 Å². The predicted molar refractivity (Wildman–Crippen MR) is 115 cm³/mol. The van der Waals surface area contributed by atoms with Gasteiger partial charge >= 0.3 is 0 Å². The molecule has 3 aromatic rings. The minimum Gasteiger partial charge on any atom is -0.352 e. The minimum atomic E-state index is -0.252. The molecule has 4 rings (SSSR count). The number of hydrogen-bond acceptors (Lipinski definition) is 7. The van der Waals surface area contributed by atoms with Crippen LogP contribution in [0.5, 0.6) is 0 Å². The van der Waals surface area contributed by atoms with E-state index in [0.29, 0.717) is 17.6 Å². The van der Waals surface area contributed by atoms with Crippen molar-refractivity contribution >= 4 is 46.6 Å². The summed E-state index contributed by atoms with van der Waals surface area (Å²) in [6.45, 7) is 2.70. The summed E-state index contributed by atoms with van der Waals surface area (Å²) < 4.78 is 5.70. The van der Waals surface area contributed by atoms with E-state index in [9.17, 15) is 0 Å². The fourth-order valence-electron chi connectivity index (χ4n) is 3.10. The van der Waals surface area contributed by atoms with Gasteiger partial charge in [-0.25, -0.2) is 15.0 Å². The summed E-state index contributed by atoms with van der Waals surface area (Å²) in [6.07, 6.45) is 3.23. The van der Waals surface area contributed by atoms with Gasteiger partial charge in [-0.2, -0.15) is 0 Å². The van der Waals surface area contributed by atoms with Crippen LogP contribution in [0.1, 0.15) is 6.92 Å². The van der Waals surface area contributed by atoms with Crippen molar-refractivity contribution in [3.05, 3.63) is 59.9 Å². The molecule has 0 spiro atoms. The molecule has 2 aromatic heterocycles. The highest BCUT2D eigenvalue weighted by Crippen LogP contribution is 2.28.